The van der Waals surface area contributed by atoms with Gasteiger partial charge in [-0.25, -0.2) is 4.79 Å². The summed E-state index contributed by atoms with van der Waals surface area (Å²) in [5.74, 6) is -2.59. The summed E-state index contributed by atoms with van der Waals surface area (Å²) >= 11 is 0. The monoisotopic (exact) mass is 493 g/mol. The molecule has 34 heavy (non-hydrogen) atoms. The van der Waals surface area contributed by atoms with Crippen molar-refractivity contribution in [2.24, 2.45) is 0 Å². The second kappa shape index (κ2) is 11.9. The van der Waals surface area contributed by atoms with E-state index in [2.05, 4.69) is 10.3 Å². The topological polar surface area (TPSA) is 166 Å². The van der Waals surface area contributed by atoms with Gasteiger partial charge in [-0.3, -0.25) is 23.9 Å². The van der Waals surface area contributed by atoms with Crippen LogP contribution < -0.4 is 21.9 Å². The van der Waals surface area contributed by atoms with Crippen LogP contribution in [0.15, 0.2) is 21.9 Å². The minimum atomic E-state index is -4.94. The molecule has 0 saturated carbocycles. The molecule has 2 heterocycles. The van der Waals surface area contributed by atoms with Crippen LogP contribution in [0.1, 0.15) is 18.2 Å². The molecule has 2 rings (SSSR count). The Labute approximate surface area is 191 Å². The predicted molar refractivity (Wildman–Crippen MR) is 112 cm³/mol. The summed E-state index contributed by atoms with van der Waals surface area (Å²) in [6.45, 7) is -0.124. The number of aliphatic hydroxyl groups is 2. The van der Waals surface area contributed by atoms with Crippen molar-refractivity contribution in [3.05, 3.63) is 38.7 Å². The first kappa shape index (κ1) is 27.2. The molecule has 0 spiro atoms. The van der Waals surface area contributed by atoms with E-state index >= 15 is 0 Å². The Kier molecular flexibility index (Phi) is 9.55. The van der Waals surface area contributed by atoms with Crippen molar-refractivity contribution in [1.29, 1.82) is 0 Å². The number of hydrogen-bond donors (Lipinski definition) is 5. The van der Waals surface area contributed by atoms with Crippen LogP contribution in [0.4, 0.5) is 13.2 Å². The number of alkyl halides is 3. The molecule has 3 unspecified atom stereocenters. The van der Waals surface area contributed by atoms with Gasteiger partial charge in [-0.15, -0.1) is 0 Å². The summed E-state index contributed by atoms with van der Waals surface area (Å²) in [5.41, 5.74) is -1.56. The second-order valence-corrected chi connectivity index (χ2v) is 7.55. The molecule has 190 valence electrons. The zero-order valence-electron chi connectivity index (χ0n) is 18.2. The van der Waals surface area contributed by atoms with Crippen molar-refractivity contribution < 1.29 is 37.7 Å². The second-order valence-electron chi connectivity index (χ2n) is 7.55. The third-order valence-electron chi connectivity index (χ3n) is 4.93. The first-order chi connectivity index (χ1) is 15.9. The van der Waals surface area contributed by atoms with Gasteiger partial charge < -0.3 is 30.5 Å². The standard InChI is InChI=1S/C19H26F3N5O7/c1-26(7-5-24-17(32)19(20,21)22)6-4-23-14(30)3-2-11-9-27(18(33)25-16(11)31)15-8-12(29)13(10-28)34-15/h2-3,9,12-13,15,28-29H,4-8,10H2,1H3,(H,23,30)(H,24,32)(H,25,31,33)/b3-2+. The molecule has 0 bridgehead atoms. The van der Waals surface area contributed by atoms with Crippen LogP contribution in [-0.2, 0) is 14.3 Å². The van der Waals surface area contributed by atoms with Gasteiger partial charge in [0.25, 0.3) is 5.56 Å². The maximum atomic E-state index is 12.1. The number of aromatic nitrogens is 2. The van der Waals surface area contributed by atoms with Gasteiger partial charge in [0.15, 0.2) is 0 Å². The molecule has 1 aromatic heterocycles. The number of ether oxygens (including phenoxy) is 1. The summed E-state index contributed by atoms with van der Waals surface area (Å²) < 4.78 is 42.8. The maximum Gasteiger partial charge on any atom is 0.471 e. The largest absolute Gasteiger partial charge is 0.471 e. The minimum Gasteiger partial charge on any atom is -0.394 e. The number of rotatable bonds is 10. The van der Waals surface area contributed by atoms with Gasteiger partial charge in [0.2, 0.25) is 5.91 Å². The summed E-state index contributed by atoms with van der Waals surface area (Å²) in [6.07, 6.45) is -4.28. The Morgan fingerprint density at radius 1 is 1.29 bits per heavy atom. The van der Waals surface area contributed by atoms with Crippen molar-refractivity contribution in [3.63, 3.8) is 0 Å². The molecular weight excluding hydrogens is 467 g/mol. The molecule has 0 aromatic carbocycles. The van der Waals surface area contributed by atoms with Crippen molar-refractivity contribution >= 4 is 17.9 Å². The molecule has 0 radical (unpaired) electrons. The molecule has 1 aliphatic rings. The highest BCUT2D eigenvalue weighted by Gasteiger charge is 2.38. The number of halogens is 3. The molecule has 1 aliphatic heterocycles. The van der Waals surface area contributed by atoms with Crippen molar-refractivity contribution in [1.82, 2.24) is 25.1 Å². The van der Waals surface area contributed by atoms with E-state index in [9.17, 15) is 37.5 Å². The van der Waals surface area contributed by atoms with Crippen LogP contribution in [0, 0.1) is 0 Å². The fraction of sp³-hybridized carbons (Fsp3) is 0.579. The van der Waals surface area contributed by atoms with E-state index in [1.54, 1.807) is 17.3 Å². The number of aromatic amines is 1. The Bertz CT molecular complexity index is 1010. The summed E-state index contributed by atoms with van der Waals surface area (Å²) in [5, 5.41) is 23.3. The van der Waals surface area contributed by atoms with E-state index in [0.29, 0.717) is 0 Å². The number of likely N-dealkylation sites (N-methyl/N-ethyl adjacent to an activating group) is 1. The van der Waals surface area contributed by atoms with Gasteiger partial charge in [-0.2, -0.15) is 13.2 Å². The lowest BCUT2D eigenvalue weighted by atomic mass is 10.2. The van der Waals surface area contributed by atoms with Gasteiger partial charge >= 0.3 is 17.8 Å². The molecule has 12 nitrogen and oxygen atoms in total. The third-order valence-corrected chi connectivity index (χ3v) is 4.93. The number of carbonyl (C=O) groups excluding carboxylic acids is 2. The van der Waals surface area contributed by atoms with Crippen LogP contribution in [0.2, 0.25) is 0 Å². The zero-order valence-corrected chi connectivity index (χ0v) is 18.2. The van der Waals surface area contributed by atoms with E-state index < -0.39 is 54.3 Å². The third kappa shape index (κ3) is 7.79. The average Bonchev–Trinajstić information content (AvgIpc) is 3.12. The molecule has 1 aromatic rings. The summed E-state index contributed by atoms with van der Waals surface area (Å²) in [7, 11) is 1.59. The van der Waals surface area contributed by atoms with E-state index in [-0.39, 0.29) is 38.2 Å². The number of nitrogens with zero attached hydrogens (tertiary/aromatic N) is 2. The molecular formula is C19H26F3N5O7. The molecule has 0 aliphatic carbocycles. The average molecular weight is 493 g/mol. The normalized spacial score (nSPS) is 20.7. The highest BCUT2D eigenvalue weighted by Crippen LogP contribution is 2.27. The molecule has 2 amide bonds. The van der Waals surface area contributed by atoms with E-state index in [0.717, 1.165) is 10.6 Å². The number of aliphatic hydroxyl groups excluding tert-OH is 2. The van der Waals surface area contributed by atoms with Crippen LogP contribution in [0.3, 0.4) is 0 Å². The molecule has 3 atom stereocenters. The Hall–Kier alpha value is -3.01. The lowest BCUT2D eigenvalue weighted by Gasteiger charge is -2.17. The molecule has 1 fully saturated rings. The Morgan fingerprint density at radius 2 is 1.94 bits per heavy atom. The SMILES string of the molecule is CN(CCNC(=O)/C=C/c1cn(C2CC(O)C(CO)O2)c(=O)[nH]c1=O)CCNC(=O)C(F)(F)F. The van der Waals surface area contributed by atoms with Crippen LogP contribution in [-0.4, -0.2) is 94.7 Å². The number of hydrogen-bond acceptors (Lipinski definition) is 8. The predicted octanol–water partition coefficient (Wildman–Crippen LogP) is -2.08. The lowest BCUT2D eigenvalue weighted by Crippen LogP contribution is -2.41. The maximum absolute atomic E-state index is 12.1. The number of carbonyl (C=O) groups is 2. The van der Waals surface area contributed by atoms with Crippen LogP contribution >= 0.6 is 0 Å². The molecule has 1 saturated heterocycles. The van der Waals surface area contributed by atoms with E-state index in [1.165, 1.54) is 12.3 Å². The van der Waals surface area contributed by atoms with Crippen molar-refractivity contribution in [2.45, 2.75) is 31.0 Å². The quantitative estimate of drug-likeness (QED) is 0.232. The zero-order chi connectivity index (χ0) is 25.5. The van der Waals surface area contributed by atoms with Gasteiger partial charge in [-0.05, 0) is 13.1 Å². The lowest BCUT2D eigenvalue weighted by molar-refractivity contribution is -0.173. The van der Waals surface area contributed by atoms with Gasteiger partial charge in [0.05, 0.1) is 18.3 Å². The summed E-state index contributed by atoms with van der Waals surface area (Å²) in [4.78, 5) is 50.5. The first-order valence-corrected chi connectivity index (χ1v) is 10.2. The van der Waals surface area contributed by atoms with Crippen molar-refractivity contribution in [2.75, 3.05) is 39.8 Å². The fourth-order valence-corrected chi connectivity index (χ4v) is 3.05. The van der Waals surface area contributed by atoms with Crippen LogP contribution in [0.25, 0.3) is 6.08 Å². The number of amides is 2. The Balaban J connectivity index is 1.85. The number of nitrogens with one attached hydrogen (secondary N) is 3. The fourth-order valence-electron chi connectivity index (χ4n) is 3.05. The molecule has 5 N–H and O–H groups in total. The van der Waals surface area contributed by atoms with Gasteiger partial charge in [0.1, 0.15) is 12.3 Å². The smallest absolute Gasteiger partial charge is 0.394 e. The molecule has 15 heteroatoms. The minimum absolute atomic E-state index is 0.0220. The van der Waals surface area contributed by atoms with Crippen molar-refractivity contribution in [3.8, 4) is 0 Å². The first-order valence-electron chi connectivity index (χ1n) is 10.2. The van der Waals surface area contributed by atoms with E-state index in [1.807, 2.05) is 0 Å². The number of H-pyrrole nitrogens is 1. The summed E-state index contributed by atoms with van der Waals surface area (Å²) in [6, 6.07) is 0. The van der Waals surface area contributed by atoms with Gasteiger partial charge in [-0.1, -0.05) is 0 Å². The highest BCUT2D eigenvalue weighted by atomic mass is 19.4. The Morgan fingerprint density at radius 3 is 2.53 bits per heavy atom. The van der Waals surface area contributed by atoms with Gasteiger partial charge in [0, 0.05) is 44.9 Å². The van der Waals surface area contributed by atoms with E-state index in [4.69, 9.17) is 9.84 Å². The van der Waals surface area contributed by atoms with Crippen LogP contribution in [0.5, 0.6) is 0 Å². The highest BCUT2D eigenvalue weighted by molar-refractivity contribution is 5.91.